The van der Waals surface area contributed by atoms with Crippen LogP contribution >= 0.6 is 0 Å². The zero-order chi connectivity index (χ0) is 25.1. The van der Waals surface area contributed by atoms with Gasteiger partial charge in [-0.05, 0) is 48.4 Å². The Hall–Kier alpha value is -4.40. The Balaban J connectivity index is 1.24. The minimum absolute atomic E-state index is 0.0860. The molecule has 1 aliphatic rings. The fraction of sp³-hybridized carbons (Fsp3) is 0.222. The topological polar surface area (TPSA) is 84.2 Å². The number of aryl methyl sites for hydroxylation is 1. The normalized spacial score (nSPS) is 13.6. The molecule has 4 aromatic rings. The van der Waals surface area contributed by atoms with Crippen molar-refractivity contribution in [3.05, 3.63) is 106 Å². The van der Waals surface area contributed by atoms with E-state index in [1.54, 1.807) is 17.0 Å². The van der Waals surface area contributed by atoms with Crippen molar-refractivity contribution in [2.75, 3.05) is 31.1 Å². The van der Waals surface area contributed by atoms with Crippen LogP contribution in [0.5, 0.6) is 0 Å². The van der Waals surface area contributed by atoms with Gasteiger partial charge in [-0.15, -0.1) is 10.2 Å². The standard InChI is InChI=1S/C27H25FN6O2/c1-19-5-2-3-8-22(19)23-9-11-25(30-29-23)32-13-15-33(16-14-32)27(36)24-10-12-26(35)34(31-24)18-20-6-4-7-21(28)17-20/h2-12,17H,13-16,18H2,1H3. The molecule has 1 aliphatic heterocycles. The van der Waals surface area contributed by atoms with Gasteiger partial charge in [0.05, 0.1) is 12.2 Å². The third-order valence-corrected chi connectivity index (χ3v) is 6.27. The van der Waals surface area contributed by atoms with Gasteiger partial charge in [-0.25, -0.2) is 9.07 Å². The molecule has 0 aliphatic carbocycles. The van der Waals surface area contributed by atoms with Gasteiger partial charge in [-0.2, -0.15) is 5.10 Å². The summed E-state index contributed by atoms with van der Waals surface area (Å²) in [4.78, 5) is 29.2. The average molecular weight is 485 g/mol. The van der Waals surface area contributed by atoms with E-state index in [1.165, 1.54) is 28.9 Å². The lowest BCUT2D eigenvalue weighted by Crippen LogP contribution is -2.49. The van der Waals surface area contributed by atoms with E-state index in [0.717, 1.165) is 22.6 Å². The summed E-state index contributed by atoms with van der Waals surface area (Å²) in [6.07, 6.45) is 0. The Morgan fingerprint density at radius 1 is 0.917 bits per heavy atom. The van der Waals surface area contributed by atoms with E-state index in [1.807, 2.05) is 43.3 Å². The van der Waals surface area contributed by atoms with Crippen LogP contribution in [0.15, 0.2) is 77.6 Å². The number of benzene rings is 2. The number of nitrogens with zero attached hydrogens (tertiary/aromatic N) is 6. The van der Waals surface area contributed by atoms with Crippen LogP contribution in [-0.2, 0) is 6.54 Å². The van der Waals surface area contributed by atoms with E-state index < -0.39 is 0 Å². The number of piperazine rings is 1. The fourth-order valence-electron chi connectivity index (χ4n) is 4.28. The summed E-state index contributed by atoms with van der Waals surface area (Å²) in [5.41, 5.74) is 3.44. The molecule has 0 bridgehead atoms. The molecule has 9 heteroatoms. The average Bonchev–Trinajstić information content (AvgIpc) is 2.90. The number of hydrogen-bond donors (Lipinski definition) is 0. The molecule has 3 heterocycles. The molecule has 36 heavy (non-hydrogen) atoms. The first-order chi connectivity index (χ1) is 17.5. The summed E-state index contributed by atoms with van der Waals surface area (Å²) in [6, 6.07) is 20.7. The molecule has 2 aromatic carbocycles. The number of rotatable bonds is 5. The predicted molar refractivity (Wildman–Crippen MR) is 134 cm³/mol. The Bertz CT molecular complexity index is 1450. The molecule has 1 amide bonds. The zero-order valence-electron chi connectivity index (χ0n) is 19.8. The number of hydrogen-bond acceptors (Lipinski definition) is 6. The summed E-state index contributed by atoms with van der Waals surface area (Å²) in [5, 5.41) is 13.1. The summed E-state index contributed by atoms with van der Waals surface area (Å²) >= 11 is 0. The number of anilines is 1. The van der Waals surface area contributed by atoms with E-state index >= 15 is 0 Å². The van der Waals surface area contributed by atoms with E-state index in [-0.39, 0.29) is 29.5 Å². The lowest BCUT2D eigenvalue weighted by atomic mass is 10.1. The van der Waals surface area contributed by atoms with Crippen LogP contribution in [0.25, 0.3) is 11.3 Å². The molecule has 8 nitrogen and oxygen atoms in total. The van der Waals surface area contributed by atoms with Gasteiger partial charge in [0, 0.05) is 37.8 Å². The first-order valence-corrected chi connectivity index (χ1v) is 11.7. The van der Waals surface area contributed by atoms with Gasteiger partial charge < -0.3 is 9.80 Å². The van der Waals surface area contributed by atoms with Gasteiger partial charge in [0.1, 0.15) is 11.5 Å². The van der Waals surface area contributed by atoms with Crippen molar-refractivity contribution >= 4 is 11.7 Å². The van der Waals surface area contributed by atoms with Crippen LogP contribution in [0.2, 0.25) is 0 Å². The summed E-state index contributed by atoms with van der Waals surface area (Å²) in [6.45, 7) is 4.32. The molecule has 1 saturated heterocycles. The molecular weight excluding hydrogens is 459 g/mol. The Morgan fingerprint density at radius 2 is 1.72 bits per heavy atom. The molecule has 1 fully saturated rings. The minimum atomic E-state index is -0.389. The minimum Gasteiger partial charge on any atom is -0.352 e. The zero-order valence-corrected chi connectivity index (χ0v) is 19.8. The Labute approximate surface area is 207 Å². The second-order valence-corrected chi connectivity index (χ2v) is 8.72. The molecule has 2 aromatic heterocycles. The number of carbonyl (C=O) groups is 1. The summed E-state index contributed by atoms with van der Waals surface area (Å²) in [5.74, 6) is 0.130. The van der Waals surface area contributed by atoms with Crippen molar-refractivity contribution in [2.45, 2.75) is 13.5 Å². The lowest BCUT2D eigenvalue weighted by Gasteiger charge is -2.35. The van der Waals surface area contributed by atoms with E-state index in [9.17, 15) is 14.0 Å². The molecular formula is C27H25FN6O2. The number of carbonyl (C=O) groups excluding carboxylic acids is 1. The first kappa shape index (κ1) is 23.3. The van der Waals surface area contributed by atoms with Crippen LogP contribution in [0.1, 0.15) is 21.6 Å². The third kappa shape index (κ3) is 5.00. The molecule has 0 atom stereocenters. The van der Waals surface area contributed by atoms with Gasteiger partial charge in [-0.3, -0.25) is 9.59 Å². The summed E-state index contributed by atoms with van der Waals surface area (Å²) < 4.78 is 14.7. The van der Waals surface area contributed by atoms with Crippen molar-refractivity contribution in [3.8, 4) is 11.3 Å². The van der Waals surface area contributed by atoms with E-state index in [4.69, 9.17) is 0 Å². The lowest BCUT2D eigenvalue weighted by molar-refractivity contribution is 0.0737. The molecule has 0 unspecified atom stereocenters. The molecule has 5 rings (SSSR count). The highest BCUT2D eigenvalue weighted by molar-refractivity contribution is 5.92. The van der Waals surface area contributed by atoms with Crippen molar-refractivity contribution < 1.29 is 9.18 Å². The van der Waals surface area contributed by atoms with Gasteiger partial charge in [0.15, 0.2) is 5.82 Å². The van der Waals surface area contributed by atoms with Gasteiger partial charge in [0.2, 0.25) is 0 Å². The molecule has 0 spiro atoms. The largest absolute Gasteiger partial charge is 0.352 e. The van der Waals surface area contributed by atoms with Gasteiger partial charge in [-0.1, -0.05) is 36.4 Å². The van der Waals surface area contributed by atoms with Crippen LogP contribution < -0.4 is 10.5 Å². The van der Waals surface area contributed by atoms with E-state index in [0.29, 0.717) is 31.7 Å². The second kappa shape index (κ2) is 10.1. The van der Waals surface area contributed by atoms with Crippen LogP contribution in [-0.4, -0.2) is 57.0 Å². The van der Waals surface area contributed by atoms with Gasteiger partial charge in [0.25, 0.3) is 11.5 Å². The van der Waals surface area contributed by atoms with Crippen LogP contribution in [0.4, 0.5) is 10.2 Å². The molecule has 0 N–H and O–H groups in total. The summed E-state index contributed by atoms with van der Waals surface area (Å²) in [7, 11) is 0. The maximum Gasteiger partial charge on any atom is 0.274 e. The molecule has 0 saturated carbocycles. The maximum absolute atomic E-state index is 13.5. The number of halogens is 1. The van der Waals surface area contributed by atoms with E-state index in [2.05, 4.69) is 20.2 Å². The van der Waals surface area contributed by atoms with Crippen molar-refractivity contribution in [1.82, 2.24) is 24.9 Å². The predicted octanol–water partition coefficient (Wildman–Crippen LogP) is 3.16. The number of aromatic nitrogens is 4. The highest BCUT2D eigenvalue weighted by atomic mass is 19.1. The molecule has 182 valence electrons. The fourth-order valence-corrected chi connectivity index (χ4v) is 4.28. The van der Waals surface area contributed by atoms with Crippen molar-refractivity contribution in [1.29, 1.82) is 0 Å². The number of amides is 1. The van der Waals surface area contributed by atoms with Crippen LogP contribution in [0, 0.1) is 12.7 Å². The maximum atomic E-state index is 13.5. The Morgan fingerprint density at radius 3 is 2.44 bits per heavy atom. The molecule has 0 radical (unpaired) electrons. The monoisotopic (exact) mass is 484 g/mol. The highest BCUT2D eigenvalue weighted by Gasteiger charge is 2.24. The van der Waals surface area contributed by atoms with Crippen molar-refractivity contribution in [3.63, 3.8) is 0 Å². The SMILES string of the molecule is Cc1ccccc1-c1ccc(N2CCN(C(=O)c3ccc(=O)n(Cc4cccc(F)c4)n3)CC2)nn1. The highest BCUT2D eigenvalue weighted by Crippen LogP contribution is 2.22. The first-order valence-electron chi connectivity index (χ1n) is 11.7. The smallest absolute Gasteiger partial charge is 0.274 e. The Kier molecular flexibility index (Phi) is 6.53. The third-order valence-electron chi connectivity index (χ3n) is 6.27. The quantitative estimate of drug-likeness (QED) is 0.433. The van der Waals surface area contributed by atoms with Gasteiger partial charge >= 0.3 is 0 Å². The van der Waals surface area contributed by atoms with Crippen LogP contribution in [0.3, 0.4) is 0 Å². The second-order valence-electron chi connectivity index (χ2n) is 8.72. The van der Waals surface area contributed by atoms with Crippen molar-refractivity contribution in [2.24, 2.45) is 0 Å².